The third-order valence-electron chi connectivity index (χ3n) is 2.71. The molecule has 0 bridgehead atoms. The van der Waals surface area contributed by atoms with Crippen molar-refractivity contribution in [1.29, 1.82) is 0 Å². The summed E-state index contributed by atoms with van der Waals surface area (Å²) < 4.78 is 4.93. The van der Waals surface area contributed by atoms with Crippen molar-refractivity contribution in [3.8, 4) is 0 Å². The first-order valence-corrected chi connectivity index (χ1v) is 7.01. The highest BCUT2D eigenvalue weighted by atomic mass is 16.5. The van der Waals surface area contributed by atoms with Gasteiger partial charge in [-0.3, -0.25) is 4.79 Å². The molecule has 0 fully saturated rings. The summed E-state index contributed by atoms with van der Waals surface area (Å²) in [5.74, 6) is -0.138. The van der Waals surface area contributed by atoms with Gasteiger partial charge in [0.1, 0.15) is 0 Å². The molecule has 116 valence electrons. The SMILES string of the molecule is CCOC(=O)c1ccc(N)c(NCC(=O)NCC(C)C)c1. The van der Waals surface area contributed by atoms with Gasteiger partial charge in [-0.25, -0.2) is 4.79 Å². The maximum Gasteiger partial charge on any atom is 0.338 e. The van der Waals surface area contributed by atoms with E-state index < -0.39 is 5.97 Å². The van der Waals surface area contributed by atoms with E-state index in [1.165, 1.54) is 0 Å². The topological polar surface area (TPSA) is 93.4 Å². The van der Waals surface area contributed by atoms with E-state index in [0.717, 1.165) is 0 Å². The van der Waals surface area contributed by atoms with Crippen LogP contribution in [0.2, 0.25) is 0 Å². The fourth-order valence-electron chi connectivity index (χ4n) is 1.61. The van der Waals surface area contributed by atoms with Crippen LogP contribution in [0.4, 0.5) is 11.4 Å². The molecule has 0 aromatic heterocycles. The number of hydrogen-bond donors (Lipinski definition) is 3. The monoisotopic (exact) mass is 293 g/mol. The molecule has 0 unspecified atom stereocenters. The number of nitrogens with two attached hydrogens (primary N) is 1. The van der Waals surface area contributed by atoms with E-state index in [0.29, 0.717) is 36.0 Å². The first-order valence-electron chi connectivity index (χ1n) is 7.01. The first kappa shape index (κ1) is 16.8. The minimum absolute atomic E-state index is 0.100. The Morgan fingerprint density at radius 1 is 1.33 bits per heavy atom. The van der Waals surface area contributed by atoms with Crippen molar-refractivity contribution in [3.05, 3.63) is 23.8 Å². The molecule has 0 spiro atoms. The van der Waals surface area contributed by atoms with E-state index >= 15 is 0 Å². The van der Waals surface area contributed by atoms with Gasteiger partial charge < -0.3 is 21.1 Å². The highest BCUT2D eigenvalue weighted by molar-refractivity contribution is 5.92. The standard InChI is InChI=1S/C15H23N3O3/c1-4-21-15(20)11-5-6-12(16)13(7-11)17-9-14(19)18-8-10(2)3/h5-7,10,17H,4,8-9,16H2,1-3H3,(H,18,19). The lowest BCUT2D eigenvalue weighted by molar-refractivity contribution is -0.119. The lowest BCUT2D eigenvalue weighted by Crippen LogP contribution is -2.32. The van der Waals surface area contributed by atoms with Crippen LogP contribution in [0.25, 0.3) is 0 Å². The molecule has 0 saturated heterocycles. The molecular formula is C15H23N3O3. The number of carbonyl (C=O) groups excluding carboxylic acids is 2. The van der Waals surface area contributed by atoms with Crippen LogP contribution in [0.1, 0.15) is 31.1 Å². The second kappa shape index (κ2) is 8.14. The first-order chi connectivity index (χ1) is 9.93. The number of esters is 1. The molecule has 21 heavy (non-hydrogen) atoms. The predicted octanol–water partition coefficient (Wildman–Crippen LogP) is 1.63. The maximum absolute atomic E-state index is 11.7. The molecule has 0 radical (unpaired) electrons. The van der Waals surface area contributed by atoms with Gasteiger partial charge in [-0.1, -0.05) is 13.8 Å². The molecule has 4 N–H and O–H groups in total. The van der Waals surface area contributed by atoms with Gasteiger partial charge in [0.15, 0.2) is 0 Å². The van der Waals surface area contributed by atoms with Crippen molar-refractivity contribution >= 4 is 23.3 Å². The second-order valence-electron chi connectivity index (χ2n) is 5.07. The number of nitrogens with one attached hydrogen (secondary N) is 2. The molecule has 0 saturated carbocycles. The van der Waals surface area contributed by atoms with E-state index in [9.17, 15) is 9.59 Å². The van der Waals surface area contributed by atoms with E-state index in [4.69, 9.17) is 10.5 Å². The zero-order chi connectivity index (χ0) is 15.8. The number of anilines is 2. The third kappa shape index (κ3) is 5.72. The quantitative estimate of drug-likeness (QED) is 0.525. The van der Waals surface area contributed by atoms with Crippen molar-refractivity contribution in [2.75, 3.05) is 30.7 Å². The van der Waals surface area contributed by atoms with Crippen LogP contribution in [-0.4, -0.2) is 31.6 Å². The number of ether oxygens (including phenoxy) is 1. The van der Waals surface area contributed by atoms with E-state index in [-0.39, 0.29) is 12.5 Å². The molecule has 6 nitrogen and oxygen atoms in total. The molecule has 1 aromatic rings. The van der Waals surface area contributed by atoms with Gasteiger partial charge >= 0.3 is 5.97 Å². The fraction of sp³-hybridized carbons (Fsp3) is 0.467. The van der Waals surface area contributed by atoms with Gasteiger partial charge in [-0.15, -0.1) is 0 Å². The summed E-state index contributed by atoms with van der Waals surface area (Å²) in [6.45, 7) is 6.82. The summed E-state index contributed by atoms with van der Waals surface area (Å²) in [6, 6.07) is 4.79. The van der Waals surface area contributed by atoms with Crippen LogP contribution in [0.3, 0.4) is 0 Å². The van der Waals surface area contributed by atoms with Gasteiger partial charge in [0.05, 0.1) is 30.1 Å². The van der Waals surface area contributed by atoms with Gasteiger partial charge in [-0.2, -0.15) is 0 Å². The zero-order valence-corrected chi connectivity index (χ0v) is 12.7. The molecule has 1 amide bonds. The minimum atomic E-state index is -0.412. The van der Waals surface area contributed by atoms with Crippen LogP contribution < -0.4 is 16.4 Å². The van der Waals surface area contributed by atoms with E-state index in [1.54, 1.807) is 25.1 Å². The fourth-order valence-corrected chi connectivity index (χ4v) is 1.61. The van der Waals surface area contributed by atoms with Crippen LogP contribution in [0, 0.1) is 5.92 Å². The van der Waals surface area contributed by atoms with Gasteiger partial charge in [0.25, 0.3) is 0 Å². The van der Waals surface area contributed by atoms with Gasteiger partial charge in [0, 0.05) is 6.54 Å². The Bertz CT molecular complexity index is 501. The molecule has 0 aliphatic rings. The average molecular weight is 293 g/mol. The number of rotatable bonds is 7. The lowest BCUT2D eigenvalue weighted by Gasteiger charge is -2.12. The average Bonchev–Trinajstić information content (AvgIpc) is 2.44. The molecule has 0 aliphatic heterocycles. The normalized spacial score (nSPS) is 10.3. The summed E-state index contributed by atoms with van der Waals surface area (Å²) >= 11 is 0. The van der Waals surface area contributed by atoms with Crippen molar-refractivity contribution in [1.82, 2.24) is 5.32 Å². The smallest absolute Gasteiger partial charge is 0.338 e. The Labute approximate surface area is 125 Å². The van der Waals surface area contributed by atoms with Crippen LogP contribution >= 0.6 is 0 Å². The van der Waals surface area contributed by atoms with Gasteiger partial charge in [0.2, 0.25) is 5.91 Å². The van der Waals surface area contributed by atoms with Crippen LogP contribution in [0.15, 0.2) is 18.2 Å². The molecule has 0 aliphatic carbocycles. The number of benzene rings is 1. The summed E-state index contributed by atoms with van der Waals surface area (Å²) in [6.07, 6.45) is 0. The Hall–Kier alpha value is -2.24. The summed E-state index contributed by atoms with van der Waals surface area (Å²) in [5.41, 5.74) is 7.24. The number of amides is 1. The van der Waals surface area contributed by atoms with Crippen molar-refractivity contribution in [2.45, 2.75) is 20.8 Å². The predicted molar refractivity (Wildman–Crippen MR) is 83.1 cm³/mol. The highest BCUT2D eigenvalue weighted by Gasteiger charge is 2.10. The molecule has 0 heterocycles. The Morgan fingerprint density at radius 3 is 2.67 bits per heavy atom. The van der Waals surface area contributed by atoms with Crippen molar-refractivity contribution in [2.24, 2.45) is 5.92 Å². The number of carbonyl (C=O) groups is 2. The summed E-state index contributed by atoms with van der Waals surface area (Å²) in [7, 11) is 0. The minimum Gasteiger partial charge on any atom is -0.462 e. The van der Waals surface area contributed by atoms with Gasteiger partial charge in [-0.05, 0) is 31.0 Å². The van der Waals surface area contributed by atoms with Crippen molar-refractivity contribution in [3.63, 3.8) is 0 Å². The summed E-state index contributed by atoms with van der Waals surface area (Å²) in [4.78, 5) is 23.3. The third-order valence-corrected chi connectivity index (χ3v) is 2.71. The van der Waals surface area contributed by atoms with Crippen molar-refractivity contribution < 1.29 is 14.3 Å². The maximum atomic E-state index is 11.7. The largest absolute Gasteiger partial charge is 0.462 e. The Balaban J connectivity index is 2.63. The molecule has 6 heteroatoms. The van der Waals surface area contributed by atoms with Crippen LogP contribution in [-0.2, 0) is 9.53 Å². The number of nitrogen functional groups attached to an aromatic ring is 1. The summed E-state index contributed by atoms with van der Waals surface area (Å²) in [5, 5.41) is 5.72. The number of hydrogen-bond acceptors (Lipinski definition) is 5. The van der Waals surface area contributed by atoms with E-state index in [1.807, 2.05) is 13.8 Å². The zero-order valence-electron chi connectivity index (χ0n) is 12.7. The molecule has 1 aromatic carbocycles. The Morgan fingerprint density at radius 2 is 2.05 bits per heavy atom. The van der Waals surface area contributed by atoms with Crippen LogP contribution in [0.5, 0.6) is 0 Å². The molecular weight excluding hydrogens is 270 g/mol. The molecule has 1 rings (SSSR count). The van der Waals surface area contributed by atoms with E-state index in [2.05, 4.69) is 10.6 Å². The lowest BCUT2D eigenvalue weighted by atomic mass is 10.1. The highest BCUT2D eigenvalue weighted by Crippen LogP contribution is 2.20. The Kier molecular flexibility index (Phi) is 6.52. The second-order valence-corrected chi connectivity index (χ2v) is 5.07. The molecule has 0 atom stereocenters.